The fourth-order valence-electron chi connectivity index (χ4n) is 2.44. The van der Waals surface area contributed by atoms with Gasteiger partial charge in [-0.15, -0.1) is 0 Å². The molecular formula is C15H16ClNO. The lowest BCUT2D eigenvalue weighted by atomic mass is 9.81. The summed E-state index contributed by atoms with van der Waals surface area (Å²) in [5, 5.41) is 1.73. The molecule has 94 valence electrons. The van der Waals surface area contributed by atoms with Crippen LogP contribution in [0.25, 0.3) is 11.0 Å². The van der Waals surface area contributed by atoms with Gasteiger partial charge in [0.15, 0.2) is 0 Å². The van der Waals surface area contributed by atoms with Crippen molar-refractivity contribution in [1.82, 2.24) is 0 Å². The number of nitrogens with zero attached hydrogens (tertiary/aromatic N) is 1. The van der Waals surface area contributed by atoms with Crippen molar-refractivity contribution < 1.29 is 4.42 Å². The van der Waals surface area contributed by atoms with Crippen LogP contribution in [0.3, 0.4) is 0 Å². The molecule has 0 aliphatic carbocycles. The van der Waals surface area contributed by atoms with Crippen molar-refractivity contribution in [1.29, 1.82) is 0 Å². The highest BCUT2D eigenvalue weighted by Gasteiger charge is 2.29. The molecule has 0 radical (unpaired) electrons. The maximum Gasteiger partial charge on any atom is 0.139 e. The van der Waals surface area contributed by atoms with Crippen molar-refractivity contribution in [2.75, 3.05) is 0 Å². The lowest BCUT2D eigenvalue weighted by molar-refractivity contribution is 0.319. The van der Waals surface area contributed by atoms with Gasteiger partial charge in [0.05, 0.1) is 17.3 Å². The van der Waals surface area contributed by atoms with Crippen molar-refractivity contribution in [2.24, 2.45) is 10.4 Å². The number of halogens is 1. The van der Waals surface area contributed by atoms with Crippen LogP contribution < -0.4 is 0 Å². The van der Waals surface area contributed by atoms with E-state index in [0.29, 0.717) is 6.04 Å². The van der Waals surface area contributed by atoms with Gasteiger partial charge >= 0.3 is 0 Å². The van der Waals surface area contributed by atoms with Crippen LogP contribution in [0.5, 0.6) is 0 Å². The van der Waals surface area contributed by atoms with E-state index in [4.69, 9.17) is 16.0 Å². The van der Waals surface area contributed by atoms with Crippen LogP contribution in [0, 0.1) is 5.41 Å². The van der Waals surface area contributed by atoms with Gasteiger partial charge in [0.1, 0.15) is 5.58 Å². The molecule has 0 bridgehead atoms. The summed E-state index contributed by atoms with van der Waals surface area (Å²) >= 11 is 6.24. The summed E-state index contributed by atoms with van der Waals surface area (Å²) in [4.78, 5) is 4.65. The Bertz CT molecular complexity index is 634. The second-order valence-corrected chi connectivity index (χ2v) is 6.36. The number of fused-ring (bicyclic) bond motifs is 3. The summed E-state index contributed by atoms with van der Waals surface area (Å²) in [5.74, 6) is 0. The fourth-order valence-corrected chi connectivity index (χ4v) is 2.70. The highest BCUT2D eigenvalue weighted by molar-refractivity contribution is 6.35. The van der Waals surface area contributed by atoms with Crippen LogP contribution >= 0.6 is 11.6 Å². The lowest BCUT2D eigenvalue weighted by Gasteiger charge is -2.30. The molecule has 1 aliphatic rings. The zero-order valence-corrected chi connectivity index (χ0v) is 11.6. The van der Waals surface area contributed by atoms with Crippen LogP contribution in [0.4, 0.5) is 0 Å². The molecule has 18 heavy (non-hydrogen) atoms. The third kappa shape index (κ3) is 1.76. The first-order chi connectivity index (χ1) is 8.47. The molecule has 1 aromatic carbocycles. The van der Waals surface area contributed by atoms with E-state index in [2.05, 4.69) is 25.8 Å². The monoisotopic (exact) mass is 261 g/mol. The standard InChI is InChI=1S/C15H16ClNO/c1-15(2,3)13-7-11-9(8-17-13)6-12(16)10-4-5-18-14(10)11/h4-6,8,13H,7H2,1-3H3. The van der Waals surface area contributed by atoms with Crippen molar-refractivity contribution in [3.8, 4) is 0 Å². The summed E-state index contributed by atoms with van der Waals surface area (Å²) in [6, 6.07) is 4.20. The molecule has 3 rings (SSSR count). The minimum atomic E-state index is 0.159. The summed E-state index contributed by atoms with van der Waals surface area (Å²) in [7, 11) is 0. The van der Waals surface area contributed by atoms with E-state index in [-0.39, 0.29) is 5.41 Å². The first-order valence-corrected chi connectivity index (χ1v) is 6.56. The number of hydrogen-bond donors (Lipinski definition) is 0. The Morgan fingerprint density at radius 3 is 2.89 bits per heavy atom. The Kier molecular flexibility index (Phi) is 2.53. The predicted octanol–water partition coefficient (Wildman–Crippen LogP) is 4.48. The molecule has 0 amide bonds. The van der Waals surface area contributed by atoms with E-state index in [1.165, 1.54) is 5.56 Å². The van der Waals surface area contributed by atoms with E-state index in [1.54, 1.807) is 6.26 Å². The van der Waals surface area contributed by atoms with E-state index >= 15 is 0 Å². The first-order valence-electron chi connectivity index (χ1n) is 6.18. The van der Waals surface area contributed by atoms with E-state index in [0.717, 1.165) is 28.0 Å². The van der Waals surface area contributed by atoms with Crippen molar-refractivity contribution in [2.45, 2.75) is 33.2 Å². The first kappa shape index (κ1) is 11.8. The van der Waals surface area contributed by atoms with Crippen LogP contribution in [-0.2, 0) is 6.42 Å². The molecule has 0 spiro atoms. The second kappa shape index (κ2) is 3.86. The minimum Gasteiger partial charge on any atom is -0.464 e. The van der Waals surface area contributed by atoms with Gasteiger partial charge in [-0.25, -0.2) is 0 Å². The van der Waals surface area contributed by atoms with Crippen LogP contribution in [0.1, 0.15) is 31.9 Å². The Labute approximate surface area is 112 Å². The quantitative estimate of drug-likeness (QED) is 0.687. The minimum absolute atomic E-state index is 0.159. The molecule has 2 nitrogen and oxygen atoms in total. The molecule has 1 aliphatic heterocycles. The lowest BCUT2D eigenvalue weighted by Crippen LogP contribution is -2.29. The van der Waals surface area contributed by atoms with Crippen LogP contribution in [0.15, 0.2) is 27.8 Å². The molecule has 0 fully saturated rings. The average molecular weight is 262 g/mol. The van der Waals surface area contributed by atoms with Gasteiger partial charge in [-0.2, -0.15) is 0 Å². The normalized spacial score (nSPS) is 19.2. The predicted molar refractivity (Wildman–Crippen MR) is 75.8 cm³/mol. The maximum atomic E-state index is 6.24. The van der Waals surface area contributed by atoms with Gasteiger partial charge in [-0.1, -0.05) is 32.4 Å². The molecule has 1 aromatic heterocycles. The van der Waals surface area contributed by atoms with Crippen molar-refractivity contribution in [3.05, 3.63) is 34.5 Å². The summed E-state index contributed by atoms with van der Waals surface area (Å²) in [6.45, 7) is 6.65. The molecule has 2 heterocycles. The highest BCUT2D eigenvalue weighted by Crippen LogP contribution is 2.36. The largest absolute Gasteiger partial charge is 0.464 e. The van der Waals surface area contributed by atoms with Crippen molar-refractivity contribution in [3.63, 3.8) is 0 Å². The number of rotatable bonds is 0. The molecule has 0 saturated heterocycles. The van der Waals surface area contributed by atoms with Gasteiger partial charge in [-0.3, -0.25) is 4.99 Å². The zero-order valence-electron chi connectivity index (χ0n) is 10.8. The Balaban J connectivity index is 2.18. The third-order valence-electron chi connectivity index (χ3n) is 3.62. The SMILES string of the molecule is CC(C)(C)C1Cc2c(cc(Cl)c3ccoc23)C=N1. The topological polar surface area (TPSA) is 25.5 Å². The number of hydrogen-bond acceptors (Lipinski definition) is 2. The number of aliphatic imine (C=N–C) groups is 1. The summed E-state index contributed by atoms with van der Waals surface area (Å²) in [5.41, 5.74) is 3.39. The van der Waals surface area contributed by atoms with Crippen LogP contribution in [0.2, 0.25) is 5.02 Å². The highest BCUT2D eigenvalue weighted by atomic mass is 35.5. The smallest absolute Gasteiger partial charge is 0.139 e. The molecular weight excluding hydrogens is 246 g/mol. The Hall–Kier alpha value is -1.28. The fraction of sp³-hybridized carbons (Fsp3) is 0.400. The number of benzene rings is 1. The average Bonchev–Trinajstić information content (AvgIpc) is 2.77. The molecule has 3 heteroatoms. The molecule has 1 unspecified atom stereocenters. The summed E-state index contributed by atoms with van der Waals surface area (Å²) in [6.07, 6.45) is 4.55. The summed E-state index contributed by atoms with van der Waals surface area (Å²) < 4.78 is 5.61. The van der Waals surface area contributed by atoms with Gasteiger partial charge in [0.25, 0.3) is 0 Å². The second-order valence-electron chi connectivity index (χ2n) is 5.95. The Morgan fingerprint density at radius 1 is 1.39 bits per heavy atom. The third-order valence-corrected chi connectivity index (χ3v) is 3.93. The van der Waals surface area contributed by atoms with Gasteiger partial charge in [0.2, 0.25) is 0 Å². The van der Waals surface area contributed by atoms with Gasteiger partial charge in [0, 0.05) is 22.7 Å². The van der Waals surface area contributed by atoms with Crippen molar-refractivity contribution >= 4 is 28.8 Å². The maximum absolute atomic E-state index is 6.24. The number of furan rings is 1. The van der Waals surface area contributed by atoms with E-state index < -0.39 is 0 Å². The molecule has 0 N–H and O–H groups in total. The zero-order chi connectivity index (χ0) is 12.9. The molecule has 0 saturated carbocycles. The Morgan fingerprint density at radius 2 is 2.17 bits per heavy atom. The van der Waals surface area contributed by atoms with Gasteiger partial charge < -0.3 is 4.42 Å². The molecule has 2 aromatic rings. The van der Waals surface area contributed by atoms with E-state index in [1.807, 2.05) is 18.3 Å². The van der Waals surface area contributed by atoms with Crippen LogP contribution in [-0.4, -0.2) is 12.3 Å². The molecule has 1 atom stereocenters. The van der Waals surface area contributed by atoms with Gasteiger partial charge in [-0.05, 0) is 24.0 Å². The van der Waals surface area contributed by atoms with E-state index in [9.17, 15) is 0 Å².